The largest absolute Gasteiger partial charge is 0.507 e. The third-order valence-electron chi connectivity index (χ3n) is 26.0. The van der Waals surface area contributed by atoms with Crippen LogP contribution in [0.15, 0.2) is 365 Å². The Morgan fingerprint density at radius 2 is 0.459 bits per heavy atom. The molecule has 24 rings (SSSR count). The molecule has 20 heteroatoms. The van der Waals surface area contributed by atoms with Crippen LogP contribution >= 0.6 is 45.3 Å². The topological polar surface area (TPSA) is 184 Å². The molecule has 0 aliphatic rings. The second-order valence-electron chi connectivity index (χ2n) is 40.1. The molecule has 24 aromatic rings. The van der Waals surface area contributed by atoms with Crippen LogP contribution in [0.5, 0.6) is 23.0 Å². The summed E-state index contributed by atoms with van der Waals surface area (Å²) < 4.78 is 4.33. The van der Waals surface area contributed by atoms with Crippen LogP contribution in [0.1, 0.15) is 105 Å². The van der Waals surface area contributed by atoms with Gasteiger partial charge in [0.1, 0.15) is 43.0 Å². The summed E-state index contributed by atoms with van der Waals surface area (Å²) in [5.74, 6) is 0.954. The summed E-state index contributed by atoms with van der Waals surface area (Å²) >= 11 is 6.40. The Morgan fingerprint density at radius 1 is 0.209 bits per heavy atom. The Kier molecular flexibility index (Phi) is 31.7. The minimum Gasteiger partial charge on any atom is -0.507 e. The molecule has 8 aromatic heterocycles. The number of phenols is 4. The van der Waals surface area contributed by atoms with Crippen LogP contribution in [0.2, 0.25) is 0 Å². The van der Waals surface area contributed by atoms with Gasteiger partial charge in [-0.15, -0.1) is 116 Å². The van der Waals surface area contributed by atoms with Crippen molar-refractivity contribution in [3.05, 3.63) is 411 Å². The molecule has 148 heavy (non-hydrogen) atoms. The monoisotopic (exact) mass is 2720 g/mol. The van der Waals surface area contributed by atoms with Crippen LogP contribution in [0, 0.1) is 24.3 Å². The van der Waals surface area contributed by atoms with Gasteiger partial charge in [0.2, 0.25) is 0 Å². The van der Waals surface area contributed by atoms with Crippen molar-refractivity contribution >= 4 is 129 Å². The van der Waals surface area contributed by atoms with E-state index in [4.69, 9.17) is 29.9 Å². The van der Waals surface area contributed by atoms with Crippen molar-refractivity contribution in [2.24, 2.45) is 0 Å². The molecule has 0 saturated heterocycles. The summed E-state index contributed by atoms with van der Waals surface area (Å²) in [5, 5.41) is 54.1. The van der Waals surface area contributed by atoms with Crippen LogP contribution < -0.4 is 0 Å². The van der Waals surface area contributed by atoms with Crippen LogP contribution in [0.3, 0.4) is 0 Å². The van der Waals surface area contributed by atoms with Gasteiger partial charge in [0.05, 0.1) is 44.3 Å². The number of aromatic hydroxyl groups is 4. The second kappa shape index (κ2) is 44.2. The first kappa shape index (κ1) is 106. The van der Waals surface area contributed by atoms with Crippen LogP contribution in [0.4, 0.5) is 0 Å². The predicted octanol–water partition coefficient (Wildman–Crippen LogP) is 34.6. The van der Waals surface area contributed by atoms with Crippen molar-refractivity contribution in [3.8, 4) is 155 Å². The van der Waals surface area contributed by atoms with Crippen molar-refractivity contribution < 1.29 is 105 Å². The SMILES string of the molecule is CC(C)(C)c1cc(-c2[c-]c(-c3ccccn3)cc3ccccc23)c2nc(-c3ccccc3O)sc2c1.CC(C)(C)c1ccnc(-c2[c-]c(-c3cc(C(C)(C)C)cc4sc(-c5ccccc5O)nc34)c3ccccc3c2)c1.CC(C)(C)c1ccnc(-c2[c-]c(-c3cccc4sc(-c5ccccc5O)nc34)c3ccccc3c2)c1.Oc1ccccc1-c1nc2c(-c3[c-]c(-c4ccccn4)cc4ccccc34)cccc2s1.[Pt].[Pt].[Pt].[Pt]. The fourth-order valence-electron chi connectivity index (χ4n) is 18.2. The molecule has 16 aromatic carbocycles. The summed E-state index contributed by atoms with van der Waals surface area (Å²) in [6, 6.07) is 128. The number of phenolic OH excluding ortho intramolecular Hbond substituents is 4. The van der Waals surface area contributed by atoms with Gasteiger partial charge in [-0.2, -0.15) is 0 Å². The maximum absolute atomic E-state index is 10.6. The van der Waals surface area contributed by atoms with Crippen molar-refractivity contribution in [1.82, 2.24) is 39.9 Å². The van der Waals surface area contributed by atoms with Gasteiger partial charge in [0, 0.05) is 151 Å². The quantitative estimate of drug-likeness (QED) is 0.0850. The predicted molar refractivity (Wildman–Crippen MR) is 602 cm³/mol. The van der Waals surface area contributed by atoms with E-state index in [2.05, 4.69) is 318 Å². The standard InChI is InChI=1S/C36H33N2OS.2C32H25N2OS.C28H17N2OS.4Pt/c1-35(2,3)24-15-16-37-30(20-24)23-17-22-11-7-8-12-26(22)28(18-23)29-19-25(36(4,5)6)21-32-33(29)38-34(40-32)27-13-9-10-14-31(27)39;1-32(2,3)22-18-26(30-29(19-22)36-31(34-30)24-12-6-7-14-28(24)35)25-17-21(27-13-8-9-15-33-27)16-20-10-4-5-11-23(20)25;1-32(2,3)22-15-16-33-27(19-22)21-17-20-9-4-5-10-23(20)26(18-21)24-12-8-14-29-30(24)34-31(36-29)25-11-6-7-13-28(25)35;31-25-13-4-3-10-22(25)28-30-27-21(11-7-14-26(27)32-28)23-17-19(24-12-5-6-15-29-24)16-18-8-1-2-9-20(18)23;;;;/h7-17,19-21,39H,1-6H3;4-16,18-19,35H,1-3H3;4-17,19,35H,1-3H3;1-16,31H;;;;/q4*-1;;;;. The molecule has 0 aliphatic heterocycles. The molecule has 0 atom stereocenters. The van der Waals surface area contributed by atoms with Gasteiger partial charge < -0.3 is 20.4 Å². The van der Waals surface area contributed by atoms with E-state index in [-0.39, 0.29) is 129 Å². The second-order valence-corrected chi connectivity index (χ2v) is 44.2. The van der Waals surface area contributed by atoms with E-state index in [1.54, 1.807) is 75.8 Å². The van der Waals surface area contributed by atoms with E-state index in [9.17, 15) is 20.4 Å². The molecule has 0 aliphatic carbocycles. The number of pyridine rings is 4. The Bertz CT molecular complexity index is 9050. The Balaban J connectivity index is 0.000000134. The van der Waals surface area contributed by atoms with E-state index in [0.29, 0.717) is 0 Å². The minimum absolute atomic E-state index is 0. The van der Waals surface area contributed by atoms with E-state index in [1.807, 2.05) is 134 Å². The molecule has 744 valence electrons. The van der Waals surface area contributed by atoms with Gasteiger partial charge in [-0.1, -0.05) is 389 Å². The molecule has 0 radical (unpaired) electrons. The van der Waals surface area contributed by atoms with Crippen molar-refractivity contribution in [2.75, 3.05) is 0 Å². The molecular formula is C128H100N8O4Pt4S4-4. The van der Waals surface area contributed by atoms with Crippen molar-refractivity contribution in [1.29, 1.82) is 0 Å². The third-order valence-corrected chi connectivity index (χ3v) is 30.2. The maximum Gasteiger partial charge on any atom is 0.127 e. The number of para-hydroxylation sites is 6. The van der Waals surface area contributed by atoms with Gasteiger partial charge in [-0.3, -0.25) is 19.9 Å². The van der Waals surface area contributed by atoms with Crippen LogP contribution in [0.25, 0.3) is 216 Å². The number of fused-ring (bicyclic) bond motifs is 8. The van der Waals surface area contributed by atoms with E-state index < -0.39 is 0 Å². The summed E-state index contributed by atoms with van der Waals surface area (Å²) in [4.78, 5) is 38.7. The number of benzene rings is 16. The zero-order valence-electron chi connectivity index (χ0n) is 82.9. The Labute approximate surface area is 935 Å². The molecule has 4 N–H and O–H groups in total. The zero-order chi connectivity index (χ0) is 99.5. The normalized spacial score (nSPS) is 11.5. The maximum atomic E-state index is 10.6. The summed E-state index contributed by atoms with van der Waals surface area (Å²) in [6.45, 7) is 26.7. The van der Waals surface area contributed by atoms with Gasteiger partial charge >= 0.3 is 0 Å². The molecule has 0 unspecified atom stereocenters. The molecule has 0 saturated carbocycles. The third kappa shape index (κ3) is 22.1. The van der Waals surface area contributed by atoms with Crippen molar-refractivity contribution in [2.45, 2.75) is 105 Å². The number of rotatable bonds is 12. The molecule has 12 nitrogen and oxygen atoms in total. The van der Waals surface area contributed by atoms with E-state index in [0.717, 1.165) is 216 Å². The Morgan fingerprint density at radius 3 is 0.750 bits per heavy atom. The van der Waals surface area contributed by atoms with Gasteiger partial charge in [-0.25, -0.2) is 19.9 Å². The number of nitrogens with zero attached hydrogens (tertiary/aromatic N) is 8. The molecule has 0 amide bonds. The van der Waals surface area contributed by atoms with Crippen molar-refractivity contribution in [3.63, 3.8) is 0 Å². The average molecular weight is 2720 g/mol. The summed E-state index contributed by atoms with van der Waals surface area (Å²) in [5.41, 5.74) is 27.2. The number of hydrogen-bond acceptors (Lipinski definition) is 16. The fourth-order valence-corrected chi connectivity index (χ4v) is 22.4. The molecule has 0 bridgehead atoms. The average Bonchev–Trinajstić information content (AvgIpc) is 1.54. The fraction of sp³-hybridized carbons (Fsp3) is 0.125. The van der Waals surface area contributed by atoms with Gasteiger partial charge in [0.15, 0.2) is 0 Å². The van der Waals surface area contributed by atoms with E-state index in [1.165, 1.54) is 22.3 Å². The minimum atomic E-state index is -0.0576. The van der Waals surface area contributed by atoms with E-state index >= 15 is 0 Å². The van der Waals surface area contributed by atoms with Crippen LogP contribution in [-0.2, 0) is 106 Å². The molecule has 0 spiro atoms. The summed E-state index contributed by atoms with van der Waals surface area (Å²) in [7, 11) is 0. The Hall–Kier alpha value is -13.3. The smallest absolute Gasteiger partial charge is 0.127 e. The van der Waals surface area contributed by atoms with Gasteiger partial charge in [-0.05, 0) is 141 Å². The molecular weight excluding hydrogens is 2620 g/mol. The summed E-state index contributed by atoms with van der Waals surface area (Å²) in [6.07, 6.45) is 7.40. The zero-order valence-corrected chi connectivity index (χ0v) is 95.3. The first-order valence-corrected chi connectivity index (χ1v) is 51.2. The number of hydrogen-bond donors (Lipinski definition) is 4. The molecule has 0 fully saturated rings. The molecule has 8 heterocycles. The first-order valence-electron chi connectivity index (χ1n) is 47.9. The first-order chi connectivity index (χ1) is 69.5. The number of aromatic nitrogens is 8. The van der Waals surface area contributed by atoms with Crippen LogP contribution in [-0.4, -0.2) is 60.3 Å². The van der Waals surface area contributed by atoms with Gasteiger partial charge in [0.25, 0.3) is 0 Å². The number of thiazole rings is 4.